The van der Waals surface area contributed by atoms with E-state index in [9.17, 15) is 0 Å². The highest BCUT2D eigenvalue weighted by Gasteiger charge is 2.11. The molecule has 3 aromatic carbocycles. The highest BCUT2D eigenvalue weighted by atomic mass is 79.9. The van der Waals surface area contributed by atoms with Gasteiger partial charge in [0.05, 0.1) is 11.0 Å². The fraction of sp³-hybridized carbons (Fsp3) is 0. The number of halogens is 1. The van der Waals surface area contributed by atoms with Gasteiger partial charge in [-0.3, -0.25) is 0 Å². The van der Waals surface area contributed by atoms with Gasteiger partial charge < -0.3 is 4.57 Å². The molecule has 0 atom stereocenters. The van der Waals surface area contributed by atoms with E-state index in [2.05, 4.69) is 81.2 Å². The van der Waals surface area contributed by atoms with Crippen molar-refractivity contribution in [3.63, 3.8) is 0 Å². The predicted octanol–water partition coefficient (Wildman–Crippen LogP) is 5.35. The van der Waals surface area contributed by atoms with Gasteiger partial charge in [-0.2, -0.15) is 0 Å². The van der Waals surface area contributed by atoms with Crippen molar-refractivity contribution in [3.8, 4) is 5.69 Å². The van der Waals surface area contributed by atoms with Gasteiger partial charge in [-0.25, -0.2) is 0 Å². The van der Waals surface area contributed by atoms with Gasteiger partial charge in [-0.1, -0.05) is 40.2 Å². The predicted molar refractivity (Wildman–Crippen MR) is 87.3 cm³/mol. The molecule has 0 aliphatic carbocycles. The van der Waals surface area contributed by atoms with Gasteiger partial charge in [-0.15, -0.1) is 0 Å². The van der Waals surface area contributed by atoms with E-state index in [1.165, 1.54) is 27.5 Å². The summed E-state index contributed by atoms with van der Waals surface area (Å²) in [6.45, 7) is 0. The Morgan fingerprint density at radius 1 is 0.850 bits per heavy atom. The summed E-state index contributed by atoms with van der Waals surface area (Å²) in [4.78, 5) is 0. The van der Waals surface area contributed by atoms with Crippen LogP contribution in [0, 0.1) is 6.07 Å². The molecule has 0 unspecified atom stereocenters. The van der Waals surface area contributed by atoms with Crippen LogP contribution >= 0.6 is 15.9 Å². The first kappa shape index (κ1) is 11.7. The highest BCUT2D eigenvalue weighted by Crippen LogP contribution is 2.33. The second kappa shape index (κ2) is 4.50. The maximum absolute atomic E-state index is 3.56. The summed E-state index contributed by atoms with van der Waals surface area (Å²) in [5.41, 5.74) is 3.61. The molecule has 0 bridgehead atoms. The van der Waals surface area contributed by atoms with Crippen molar-refractivity contribution in [1.82, 2.24) is 4.57 Å². The summed E-state index contributed by atoms with van der Waals surface area (Å²) in [6, 6.07) is 26.2. The van der Waals surface area contributed by atoms with Crippen LogP contribution in [0.5, 0.6) is 0 Å². The lowest BCUT2D eigenvalue weighted by Gasteiger charge is -2.07. The standard InChI is InChI=1S/C18H11BrN/c19-13-10-11-18-16(12-13)15-8-4-5-9-17(15)20(18)14-6-2-1-3-7-14/h1-3,5-12H. The van der Waals surface area contributed by atoms with Gasteiger partial charge in [-0.05, 0) is 48.5 Å². The van der Waals surface area contributed by atoms with Crippen LogP contribution in [0.3, 0.4) is 0 Å². The van der Waals surface area contributed by atoms with E-state index in [1.54, 1.807) is 0 Å². The number of hydrogen-bond donors (Lipinski definition) is 0. The number of para-hydroxylation sites is 1. The molecule has 0 N–H and O–H groups in total. The molecular formula is C18H11BrN. The van der Waals surface area contributed by atoms with Crippen LogP contribution < -0.4 is 0 Å². The first-order chi connectivity index (χ1) is 9.84. The van der Waals surface area contributed by atoms with Crippen molar-refractivity contribution in [2.24, 2.45) is 0 Å². The molecule has 4 rings (SSSR count). The van der Waals surface area contributed by atoms with Crippen LogP contribution in [0.2, 0.25) is 0 Å². The minimum atomic E-state index is 1.10. The maximum atomic E-state index is 3.56. The van der Waals surface area contributed by atoms with E-state index in [0.29, 0.717) is 0 Å². The molecule has 20 heavy (non-hydrogen) atoms. The first-order valence-corrected chi connectivity index (χ1v) is 7.29. The molecule has 2 heteroatoms. The molecule has 0 saturated heterocycles. The monoisotopic (exact) mass is 320 g/mol. The Balaban J connectivity index is 2.22. The fourth-order valence-electron chi connectivity index (χ4n) is 2.74. The van der Waals surface area contributed by atoms with E-state index in [1.807, 2.05) is 12.1 Å². The average Bonchev–Trinajstić information content (AvgIpc) is 2.82. The Hall–Kier alpha value is -2.06. The van der Waals surface area contributed by atoms with E-state index < -0.39 is 0 Å². The van der Waals surface area contributed by atoms with Crippen molar-refractivity contribution in [2.75, 3.05) is 0 Å². The number of aromatic nitrogens is 1. The Morgan fingerprint density at radius 3 is 2.50 bits per heavy atom. The molecular weight excluding hydrogens is 310 g/mol. The summed E-state index contributed by atoms with van der Waals surface area (Å²) in [5.74, 6) is 0. The van der Waals surface area contributed by atoms with Crippen molar-refractivity contribution >= 4 is 37.7 Å². The SMILES string of the molecule is Brc1ccc2c(c1)c1c[c]ccc1n2-c1ccccc1. The lowest BCUT2D eigenvalue weighted by atomic mass is 10.2. The third-order valence-electron chi connectivity index (χ3n) is 3.59. The zero-order valence-corrected chi connectivity index (χ0v) is 12.3. The number of hydrogen-bond acceptors (Lipinski definition) is 0. The third-order valence-corrected chi connectivity index (χ3v) is 4.08. The summed E-state index contributed by atoms with van der Waals surface area (Å²) in [5, 5.41) is 2.47. The third kappa shape index (κ3) is 1.69. The molecule has 95 valence electrons. The summed E-state index contributed by atoms with van der Waals surface area (Å²) >= 11 is 3.56. The lowest BCUT2D eigenvalue weighted by Crippen LogP contribution is -1.92. The lowest BCUT2D eigenvalue weighted by molar-refractivity contribution is 1.18. The smallest absolute Gasteiger partial charge is 0.0541 e. The maximum Gasteiger partial charge on any atom is 0.0541 e. The molecule has 0 aliphatic heterocycles. The van der Waals surface area contributed by atoms with Crippen LogP contribution in [0.4, 0.5) is 0 Å². The Kier molecular flexibility index (Phi) is 2.64. The van der Waals surface area contributed by atoms with Gasteiger partial charge >= 0.3 is 0 Å². The van der Waals surface area contributed by atoms with Gasteiger partial charge in [0, 0.05) is 20.9 Å². The van der Waals surface area contributed by atoms with Crippen LogP contribution in [0.15, 0.2) is 71.2 Å². The van der Waals surface area contributed by atoms with Gasteiger partial charge in [0.15, 0.2) is 0 Å². The second-order valence-corrected chi connectivity index (χ2v) is 5.69. The number of rotatable bonds is 1. The highest BCUT2D eigenvalue weighted by molar-refractivity contribution is 9.10. The van der Waals surface area contributed by atoms with Crippen LogP contribution in [0.25, 0.3) is 27.5 Å². The Bertz CT molecular complexity index is 907. The second-order valence-electron chi connectivity index (χ2n) is 4.78. The molecule has 1 nitrogen and oxygen atoms in total. The van der Waals surface area contributed by atoms with Crippen LogP contribution in [0.1, 0.15) is 0 Å². The van der Waals surface area contributed by atoms with Crippen molar-refractivity contribution < 1.29 is 0 Å². The summed E-state index contributed by atoms with van der Waals surface area (Å²) in [7, 11) is 0. The van der Waals surface area contributed by atoms with Crippen molar-refractivity contribution in [3.05, 3.63) is 77.3 Å². The van der Waals surface area contributed by atoms with E-state index in [0.717, 1.165) is 4.47 Å². The average molecular weight is 321 g/mol. The van der Waals surface area contributed by atoms with E-state index in [4.69, 9.17) is 0 Å². The van der Waals surface area contributed by atoms with E-state index >= 15 is 0 Å². The fourth-order valence-corrected chi connectivity index (χ4v) is 3.10. The van der Waals surface area contributed by atoms with Gasteiger partial charge in [0.1, 0.15) is 0 Å². The van der Waals surface area contributed by atoms with Gasteiger partial charge in [0.25, 0.3) is 0 Å². The Morgan fingerprint density at radius 2 is 1.65 bits per heavy atom. The van der Waals surface area contributed by atoms with Gasteiger partial charge in [0.2, 0.25) is 0 Å². The molecule has 0 saturated carbocycles. The number of fused-ring (bicyclic) bond motifs is 3. The zero-order chi connectivity index (χ0) is 13.5. The molecule has 0 spiro atoms. The van der Waals surface area contributed by atoms with Crippen molar-refractivity contribution in [1.29, 1.82) is 0 Å². The molecule has 0 aliphatic rings. The number of benzene rings is 3. The summed E-state index contributed by atoms with van der Waals surface area (Å²) in [6.07, 6.45) is 0. The van der Waals surface area contributed by atoms with E-state index in [-0.39, 0.29) is 0 Å². The number of nitrogens with zero attached hydrogens (tertiary/aromatic N) is 1. The molecule has 0 fully saturated rings. The quantitative estimate of drug-likeness (QED) is 0.445. The topological polar surface area (TPSA) is 4.93 Å². The van der Waals surface area contributed by atoms with Crippen molar-refractivity contribution in [2.45, 2.75) is 0 Å². The van der Waals surface area contributed by atoms with Crippen LogP contribution in [-0.2, 0) is 0 Å². The molecule has 1 radical (unpaired) electrons. The normalized spacial score (nSPS) is 11.2. The molecule has 1 aromatic heterocycles. The Labute approximate surface area is 125 Å². The zero-order valence-electron chi connectivity index (χ0n) is 10.7. The minimum absolute atomic E-state index is 1.10. The molecule has 1 heterocycles. The van der Waals surface area contributed by atoms with Crippen LogP contribution in [-0.4, -0.2) is 4.57 Å². The largest absolute Gasteiger partial charge is 0.309 e. The molecule has 4 aromatic rings. The minimum Gasteiger partial charge on any atom is -0.309 e. The summed E-state index contributed by atoms with van der Waals surface area (Å²) < 4.78 is 3.39. The first-order valence-electron chi connectivity index (χ1n) is 6.50. The molecule has 0 amide bonds.